The van der Waals surface area contributed by atoms with Crippen LogP contribution in [0.1, 0.15) is 73.1 Å². The second-order valence-electron chi connectivity index (χ2n) is 5.97. The van der Waals surface area contributed by atoms with E-state index in [1.807, 2.05) is 0 Å². The van der Waals surface area contributed by atoms with E-state index < -0.39 is 11.9 Å². The van der Waals surface area contributed by atoms with Gasteiger partial charge >= 0.3 is 11.9 Å². The highest BCUT2D eigenvalue weighted by Crippen LogP contribution is 2.11. The Bertz CT molecular complexity index is 462. The van der Waals surface area contributed by atoms with E-state index in [1.165, 1.54) is 49.9 Å². The maximum Gasteiger partial charge on any atom is 0.338 e. The van der Waals surface area contributed by atoms with Crippen LogP contribution in [0.2, 0.25) is 0 Å². The third-order valence-electron chi connectivity index (χ3n) is 3.53. The van der Waals surface area contributed by atoms with Gasteiger partial charge in [0.15, 0.2) is 0 Å². The van der Waals surface area contributed by atoms with Gasteiger partial charge in [-0.05, 0) is 36.6 Å². The minimum absolute atomic E-state index is 0.165. The van der Waals surface area contributed by atoms with Gasteiger partial charge in [0.1, 0.15) is 0 Å². The van der Waals surface area contributed by atoms with E-state index in [4.69, 9.17) is 9.84 Å². The Morgan fingerprint density at radius 3 is 2.09 bits per heavy atom. The lowest BCUT2D eigenvalue weighted by atomic mass is 10.0. The van der Waals surface area contributed by atoms with Gasteiger partial charge in [0.2, 0.25) is 0 Å². The molecule has 0 aliphatic heterocycles. The van der Waals surface area contributed by atoms with E-state index in [0.29, 0.717) is 12.2 Å². The molecule has 0 bridgehead atoms. The first-order chi connectivity index (χ1) is 10.5. The molecule has 1 rings (SSSR count). The predicted molar refractivity (Wildman–Crippen MR) is 86.2 cm³/mol. The van der Waals surface area contributed by atoms with Crippen LogP contribution in [0.25, 0.3) is 0 Å². The minimum Gasteiger partial charge on any atom is -0.478 e. The standard InChI is InChI=1S/C18H26O4/c1-14(2)8-6-4-3-5-7-13-22-18(21)16-11-9-15(10-12-16)17(19)20/h9-12,14H,3-8,13H2,1-2H3,(H,19,20). The number of unbranched alkanes of at least 4 members (excludes halogenated alkanes) is 4. The van der Waals surface area contributed by atoms with Gasteiger partial charge in [-0.1, -0.05) is 46.0 Å². The summed E-state index contributed by atoms with van der Waals surface area (Å²) < 4.78 is 5.19. The Hall–Kier alpha value is -1.84. The van der Waals surface area contributed by atoms with Crippen LogP contribution in [0.5, 0.6) is 0 Å². The number of benzene rings is 1. The topological polar surface area (TPSA) is 63.6 Å². The molecule has 4 heteroatoms. The van der Waals surface area contributed by atoms with Crippen molar-refractivity contribution in [2.45, 2.75) is 52.4 Å². The number of hydrogen-bond donors (Lipinski definition) is 1. The van der Waals surface area contributed by atoms with Crippen LogP contribution in [-0.2, 0) is 4.74 Å². The van der Waals surface area contributed by atoms with Crippen molar-refractivity contribution >= 4 is 11.9 Å². The molecule has 0 amide bonds. The lowest BCUT2D eigenvalue weighted by molar-refractivity contribution is 0.0496. The van der Waals surface area contributed by atoms with Crippen LogP contribution in [0, 0.1) is 5.92 Å². The quantitative estimate of drug-likeness (QED) is 0.509. The molecule has 1 aromatic rings. The van der Waals surface area contributed by atoms with Crippen molar-refractivity contribution in [1.82, 2.24) is 0 Å². The van der Waals surface area contributed by atoms with Crippen LogP contribution in [0.15, 0.2) is 24.3 Å². The zero-order valence-electron chi connectivity index (χ0n) is 13.5. The van der Waals surface area contributed by atoms with Gasteiger partial charge in [0, 0.05) is 0 Å². The molecule has 0 aliphatic rings. The van der Waals surface area contributed by atoms with Crippen LogP contribution in [-0.4, -0.2) is 23.7 Å². The zero-order chi connectivity index (χ0) is 16.4. The van der Waals surface area contributed by atoms with Gasteiger partial charge in [-0.3, -0.25) is 0 Å². The fraction of sp³-hybridized carbons (Fsp3) is 0.556. The average molecular weight is 306 g/mol. The maximum absolute atomic E-state index is 11.8. The van der Waals surface area contributed by atoms with E-state index in [1.54, 1.807) is 0 Å². The summed E-state index contributed by atoms with van der Waals surface area (Å²) in [6.07, 6.45) is 6.92. The van der Waals surface area contributed by atoms with Crippen molar-refractivity contribution in [2.24, 2.45) is 5.92 Å². The second kappa shape index (κ2) is 9.98. The number of carbonyl (C=O) groups excluding carboxylic acids is 1. The Kier molecular flexibility index (Phi) is 8.26. The van der Waals surface area contributed by atoms with Crippen molar-refractivity contribution < 1.29 is 19.4 Å². The molecule has 1 aromatic carbocycles. The SMILES string of the molecule is CC(C)CCCCCCCOC(=O)c1ccc(C(=O)O)cc1. The summed E-state index contributed by atoms with van der Waals surface area (Å²) in [6.45, 7) is 4.90. The monoisotopic (exact) mass is 306 g/mol. The highest BCUT2D eigenvalue weighted by atomic mass is 16.5. The van der Waals surface area contributed by atoms with Crippen LogP contribution in [0.4, 0.5) is 0 Å². The minimum atomic E-state index is -1.00. The molecule has 122 valence electrons. The molecule has 0 aliphatic carbocycles. The van der Waals surface area contributed by atoms with E-state index in [0.717, 1.165) is 18.8 Å². The summed E-state index contributed by atoms with van der Waals surface area (Å²) in [5.41, 5.74) is 0.555. The van der Waals surface area contributed by atoms with Gasteiger partial charge in [-0.15, -0.1) is 0 Å². The Labute approximate surface area is 132 Å². The van der Waals surface area contributed by atoms with E-state index in [2.05, 4.69) is 13.8 Å². The van der Waals surface area contributed by atoms with Gasteiger partial charge < -0.3 is 9.84 Å². The first-order valence-electron chi connectivity index (χ1n) is 8.01. The van der Waals surface area contributed by atoms with E-state index in [-0.39, 0.29) is 5.56 Å². The summed E-state index contributed by atoms with van der Waals surface area (Å²) in [6, 6.07) is 5.79. The van der Waals surface area contributed by atoms with Gasteiger partial charge in [0.05, 0.1) is 17.7 Å². The molecule has 0 radical (unpaired) electrons. The summed E-state index contributed by atoms with van der Waals surface area (Å²) in [7, 11) is 0. The van der Waals surface area contributed by atoms with Gasteiger partial charge in [-0.2, -0.15) is 0 Å². The molecule has 0 saturated carbocycles. The van der Waals surface area contributed by atoms with Gasteiger partial charge in [-0.25, -0.2) is 9.59 Å². The summed E-state index contributed by atoms with van der Waals surface area (Å²) >= 11 is 0. The van der Waals surface area contributed by atoms with Crippen molar-refractivity contribution in [3.8, 4) is 0 Å². The molecule has 0 atom stereocenters. The molecule has 0 heterocycles. The highest BCUT2D eigenvalue weighted by Gasteiger charge is 2.08. The number of rotatable bonds is 10. The first kappa shape index (κ1) is 18.2. The summed E-state index contributed by atoms with van der Waals surface area (Å²) in [5.74, 6) is -0.623. The molecule has 22 heavy (non-hydrogen) atoms. The maximum atomic E-state index is 11.8. The number of carboxylic acids is 1. The number of carbonyl (C=O) groups is 2. The largest absolute Gasteiger partial charge is 0.478 e. The molecular formula is C18H26O4. The number of hydrogen-bond acceptors (Lipinski definition) is 3. The smallest absolute Gasteiger partial charge is 0.338 e. The third kappa shape index (κ3) is 7.25. The second-order valence-corrected chi connectivity index (χ2v) is 5.97. The summed E-state index contributed by atoms with van der Waals surface area (Å²) in [5, 5.41) is 8.79. The third-order valence-corrected chi connectivity index (χ3v) is 3.53. The average Bonchev–Trinajstić information content (AvgIpc) is 2.49. The van der Waals surface area contributed by atoms with E-state index in [9.17, 15) is 9.59 Å². The van der Waals surface area contributed by atoms with Crippen molar-refractivity contribution in [2.75, 3.05) is 6.61 Å². The summed E-state index contributed by atoms with van der Waals surface area (Å²) in [4.78, 5) is 22.5. The van der Waals surface area contributed by atoms with Crippen LogP contribution >= 0.6 is 0 Å². The van der Waals surface area contributed by atoms with Crippen LogP contribution in [0.3, 0.4) is 0 Å². The molecule has 0 fully saturated rings. The lowest BCUT2D eigenvalue weighted by Crippen LogP contribution is -2.07. The van der Waals surface area contributed by atoms with Gasteiger partial charge in [0.25, 0.3) is 0 Å². The predicted octanol–water partition coefficient (Wildman–Crippen LogP) is 4.54. The zero-order valence-corrected chi connectivity index (χ0v) is 13.5. The normalized spacial score (nSPS) is 10.7. The number of ether oxygens (including phenoxy) is 1. The Morgan fingerprint density at radius 2 is 1.50 bits per heavy atom. The van der Waals surface area contributed by atoms with Crippen LogP contribution < -0.4 is 0 Å². The fourth-order valence-corrected chi connectivity index (χ4v) is 2.18. The molecule has 0 unspecified atom stereocenters. The highest BCUT2D eigenvalue weighted by molar-refractivity contribution is 5.92. The molecule has 1 N–H and O–H groups in total. The Balaban J connectivity index is 2.14. The lowest BCUT2D eigenvalue weighted by Gasteiger charge is -2.06. The molecule has 0 spiro atoms. The molecular weight excluding hydrogens is 280 g/mol. The van der Waals surface area contributed by atoms with E-state index >= 15 is 0 Å². The first-order valence-corrected chi connectivity index (χ1v) is 8.01. The number of esters is 1. The fourth-order valence-electron chi connectivity index (χ4n) is 2.18. The van der Waals surface area contributed by atoms with Crippen molar-refractivity contribution in [1.29, 1.82) is 0 Å². The van der Waals surface area contributed by atoms with Crippen molar-refractivity contribution in [3.05, 3.63) is 35.4 Å². The number of carboxylic acid groups (broad SMARTS) is 1. The molecule has 4 nitrogen and oxygen atoms in total. The number of aromatic carboxylic acids is 1. The molecule has 0 aromatic heterocycles. The molecule has 0 saturated heterocycles. The van der Waals surface area contributed by atoms with Crippen molar-refractivity contribution in [3.63, 3.8) is 0 Å². The Morgan fingerprint density at radius 1 is 0.955 bits per heavy atom.